The molecule has 0 saturated heterocycles. The topological polar surface area (TPSA) is 23.8 Å². The summed E-state index contributed by atoms with van der Waals surface area (Å²) in [5, 5.41) is 8.62. The van der Waals surface area contributed by atoms with Crippen LogP contribution in [-0.4, -0.2) is 0 Å². The Kier molecular flexibility index (Phi) is 5.24. The van der Waals surface area contributed by atoms with E-state index in [4.69, 9.17) is 5.26 Å². The standard InChI is InChI=1S/C21H27N/c1-16(12-14-22)7-5-8-17(2)19-11-10-18-9-6-13-21(3,4)20(18)15-19/h5,7-8,12,15H,6,9-11,13H2,1-4H3/b7-5+,16-12+,17-8+. The molecule has 0 spiro atoms. The van der Waals surface area contributed by atoms with Crippen LogP contribution in [0.25, 0.3) is 0 Å². The maximum absolute atomic E-state index is 8.62. The van der Waals surface area contributed by atoms with E-state index in [1.807, 2.05) is 13.0 Å². The van der Waals surface area contributed by atoms with Crippen molar-refractivity contribution >= 4 is 0 Å². The van der Waals surface area contributed by atoms with E-state index in [2.05, 4.69) is 45.1 Å². The molecule has 0 heterocycles. The van der Waals surface area contributed by atoms with Crippen LogP contribution < -0.4 is 0 Å². The second-order valence-electron chi connectivity index (χ2n) is 7.15. The summed E-state index contributed by atoms with van der Waals surface area (Å²) in [6, 6.07) is 2.06. The minimum atomic E-state index is 0.335. The second-order valence-corrected chi connectivity index (χ2v) is 7.15. The molecule has 0 fully saturated rings. The summed E-state index contributed by atoms with van der Waals surface area (Å²) in [6.45, 7) is 8.91. The molecule has 0 bridgehead atoms. The Labute approximate surface area is 135 Å². The van der Waals surface area contributed by atoms with Crippen molar-refractivity contribution in [3.8, 4) is 6.07 Å². The van der Waals surface area contributed by atoms with E-state index in [9.17, 15) is 0 Å². The van der Waals surface area contributed by atoms with Crippen molar-refractivity contribution in [3.05, 3.63) is 58.2 Å². The fourth-order valence-corrected chi connectivity index (χ4v) is 3.49. The molecular weight excluding hydrogens is 266 g/mol. The predicted octanol–water partition coefficient (Wildman–Crippen LogP) is 6.19. The first kappa shape index (κ1) is 16.6. The number of nitrogens with zero attached hydrogens (tertiary/aromatic N) is 1. The molecule has 0 unspecified atom stereocenters. The van der Waals surface area contributed by atoms with Gasteiger partial charge < -0.3 is 0 Å². The third kappa shape index (κ3) is 3.89. The fraction of sp³-hybridized carbons (Fsp3) is 0.476. The third-order valence-electron chi connectivity index (χ3n) is 4.91. The van der Waals surface area contributed by atoms with Gasteiger partial charge in [-0.2, -0.15) is 5.26 Å². The van der Waals surface area contributed by atoms with Gasteiger partial charge in [-0.25, -0.2) is 0 Å². The minimum absolute atomic E-state index is 0.335. The van der Waals surface area contributed by atoms with Gasteiger partial charge in [-0.15, -0.1) is 0 Å². The fourth-order valence-electron chi connectivity index (χ4n) is 3.49. The molecule has 1 nitrogen and oxygen atoms in total. The van der Waals surface area contributed by atoms with Crippen molar-refractivity contribution in [3.63, 3.8) is 0 Å². The molecule has 2 rings (SSSR count). The van der Waals surface area contributed by atoms with E-state index in [0.29, 0.717) is 5.41 Å². The van der Waals surface area contributed by atoms with Crippen LogP contribution in [0.2, 0.25) is 0 Å². The zero-order valence-corrected chi connectivity index (χ0v) is 14.4. The molecule has 0 aromatic rings. The van der Waals surface area contributed by atoms with Gasteiger partial charge in [-0.3, -0.25) is 0 Å². The molecule has 0 atom stereocenters. The summed E-state index contributed by atoms with van der Waals surface area (Å²) in [7, 11) is 0. The molecule has 0 aromatic carbocycles. The average molecular weight is 293 g/mol. The first-order valence-electron chi connectivity index (χ1n) is 8.29. The normalized spacial score (nSPS) is 22.4. The van der Waals surface area contributed by atoms with Gasteiger partial charge in [-0.05, 0) is 73.7 Å². The van der Waals surface area contributed by atoms with Gasteiger partial charge in [-0.1, -0.05) is 43.7 Å². The Morgan fingerprint density at radius 1 is 1.23 bits per heavy atom. The lowest BCUT2D eigenvalue weighted by Crippen LogP contribution is -2.22. The van der Waals surface area contributed by atoms with Gasteiger partial charge >= 0.3 is 0 Å². The molecule has 0 aromatic heterocycles. The number of hydrogen-bond acceptors (Lipinski definition) is 1. The highest BCUT2D eigenvalue weighted by molar-refractivity contribution is 5.46. The van der Waals surface area contributed by atoms with Crippen LogP contribution in [0.1, 0.15) is 59.8 Å². The van der Waals surface area contributed by atoms with Crippen LogP contribution in [0.4, 0.5) is 0 Å². The maximum atomic E-state index is 8.62. The average Bonchev–Trinajstić information content (AvgIpc) is 2.47. The first-order valence-corrected chi connectivity index (χ1v) is 8.29. The number of nitriles is 1. The highest BCUT2D eigenvalue weighted by atomic mass is 14.3. The predicted molar refractivity (Wildman–Crippen MR) is 94.2 cm³/mol. The van der Waals surface area contributed by atoms with Crippen molar-refractivity contribution in [2.45, 2.75) is 59.8 Å². The summed E-state index contributed by atoms with van der Waals surface area (Å²) >= 11 is 0. The van der Waals surface area contributed by atoms with Crippen LogP contribution in [0.15, 0.2) is 58.2 Å². The molecule has 0 amide bonds. The molecule has 0 radical (unpaired) electrons. The van der Waals surface area contributed by atoms with Crippen molar-refractivity contribution in [1.29, 1.82) is 5.26 Å². The van der Waals surface area contributed by atoms with Crippen LogP contribution in [0.5, 0.6) is 0 Å². The van der Waals surface area contributed by atoms with Crippen LogP contribution >= 0.6 is 0 Å². The quantitative estimate of drug-likeness (QED) is 0.450. The highest BCUT2D eigenvalue weighted by Crippen LogP contribution is 2.46. The molecule has 116 valence electrons. The number of hydrogen-bond donors (Lipinski definition) is 0. The van der Waals surface area contributed by atoms with E-state index < -0.39 is 0 Å². The Morgan fingerprint density at radius 3 is 2.73 bits per heavy atom. The zero-order valence-electron chi connectivity index (χ0n) is 14.4. The van der Waals surface area contributed by atoms with E-state index in [0.717, 1.165) is 12.0 Å². The van der Waals surface area contributed by atoms with Gasteiger partial charge in [0.2, 0.25) is 0 Å². The Balaban J connectivity index is 2.20. The van der Waals surface area contributed by atoms with Crippen molar-refractivity contribution in [1.82, 2.24) is 0 Å². The van der Waals surface area contributed by atoms with Gasteiger partial charge in [0, 0.05) is 6.08 Å². The minimum Gasteiger partial charge on any atom is -0.193 e. The number of allylic oxidation sites excluding steroid dienone is 10. The van der Waals surface area contributed by atoms with E-state index in [-0.39, 0.29) is 0 Å². The summed E-state index contributed by atoms with van der Waals surface area (Å²) < 4.78 is 0. The van der Waals surface area contributed by atoms with Crippen LogP contribution in [-0.2, 0) is 0 Å². The lowest BCUT2D eigenvalue weighted by molar-refractivity contribution is 0.369. The lowest BCUT2D eigenvalue weighted by atomic mass is 9.68. The largest absolute Gasteiger partial charge is 0.193 e. The SMILES string of the molecule is CC(/C=C/C=C(\C)C1=CC2=C(CCCC2(C)C)CC1)=C\C#N. The summed E-state index contributed by atoms with van der Waals surface area (Å²) in [6.07, 6.45) is 16.6. The second kappa shape index (κ2) is 6.97. The first-order chi connectivity index (χ1) is 10.4. The molecule has 0 N–H and O–H groups in total. The van der Waals surface area contributed by atoms with Crippen molar-refractivity contribution in [2.75, 3.05) is 0 Å². The molecule has 1 heteroatoms. The molecular formula is C21H27N. The van der Waals surface area contributed by atoms with Gasteiger partial charge in [0.1, 0.15) is 0 Å². The molecule has 0 saturated carbocycles. The van der Waals surface area contributed by atoms with Gasteiger partial charge in [0.25, 0.3) is 0 Å². The highest BCUT2D eigenvalue weighted by Gasteiger charge is 2.30. The Hall–Kier alpha value is -1.81. The molecule has 2 aliphatic carbocycles. The van der Waals surface area contributed by atoms with E-state index >= 15 is 0 Å². The third-order valence-corrected chi connectivity index (χ3v) is 4.91. The van der Waals surface area contributed by atoms with Crippen molar-refractivity contribution < 1.29 is 0 Å². The lowest BCUT2D eigenvalue weighted by Gasteiger charge is -2.37. The molecule has 22 heavy (non-hydrogen) atoms. The van der Waals surface area contributed by atoms with Crippen LogP contribution in [0.3, 0.4) is 0 Å². The smallest absolute Gasteiger partial charge is 0.0914 e. The Morgan fingerprint density at radius 2 is 2.00 bits per heavy atom. The molecule has 0 aliphatic heterocycles. The van der Waals surface area contributed by atoms with Gasteiger partial charge in [0.05, 0.1) is 6.07 Å². The number of rotatable bonds is 3. The van der Waals surface area contributed by atoms with E-state index in [1.54, 1.807) is 17.2 Å². The molecule has 2 aliphatic rings. The maximum Gasteiger partial charge on any atom is 0.0914 e. The van der Waals surface area contributed by atoms with Crippen LogP contribution in [0, 0.1) is 16.7 Å². The monoisotopic (exact) mass is 293 g/mol. The summed E-state index contributed by atoms with van der Waals surface area (Å²) in [5.41, 5.74) is 7.42. The summed E-state index contributed by atoms with van der Waals surface area (Å²) in [4.78, 5) is 0. The zero-order chi connectivity index (χ0) is 16.2. The Bertz CT molecular complexity index is 627. The summed E-state index contributed by atoms with van der Waals surface area (Å²) in [5.74, 6) is 0. The van der Waals surface area contributed by atoms with Crippen molar-refractivity contribution in [2.24, 2.45) is 5.41 Å². The van der Waals surface area contributed by atoms with Gasteiger partial charge in [0.15, 0.2) is 0 Å². The van der Waals surface area contributed by atoms with E-state index in [1.165, 1.54) is 36.8 Å².